The summed E-state index contributed by atoms with van der Waals surface area (Å²) in [5.74, 6) is -8.57. The summed E-state index contributed by atoms with van der Waals surface area (Å²) in [5, 5.41) is 54.4. The lowest BCUT2D eigenvalue weighted by atomic mass is 9.89. The number of hydrogen-bond donors (Lipinski definition) is 9. The number of rotatable bonds is 35. The van der Waals surface area contributed by atoms with Crippen molar-refractivity contribution in [3.63, 3.8) is 0 Å². The molecule has 2 aromatic carbocycles. The zero-order valence-electron chi connectivity index (χ0n) is 56.0. The van der Waals surface area contributed by atoms with E-state index >= 15 is 0 Å². The summed E-state index contributed by atoms with van der Waals surface area (Å²) in [6.07, 6.45) is -7.90. The average molecular weight is 1320 g/mol. The summed E-state index contributed by atoms with van der Waals surface area (Å²) in [5.41, 5.74) is 0.766. The summed E-state index contributed by atoms with van der Waals surface area (Å²) in [6, 6.07) is 9.83. The summed E-state index contributed by atoms with van der Waals surface area (Å²) in [6.45, 7) is 14.3. The SMILES string of the molecule is CC[C@H](C)[C@@H]([C@@H](CC(=O)N1CCC[C@H]1[C@H](OC)[C@@H](C)C(=O)N[C@H](C)[C@@H](OCNC(=O)OCc1ccc(O[C@H]2O[C@@H](O)[C@H](O)[C@@H](O)[C@@H]2C(=O)O)c(NC(=O)CCNC(=O)CCN2C(=O)C=CC2=O)c1)c1ccccc1)OC)N(C)C(=O)[C@@H](NC(=O)[C@H](C(C)C)N(C)C)C(C)C. The van der Waals surface area contributed by atoms with Gasteiger partial charge in [0.1, 0.15) is 49.4 Å². The highest BCUT2D eigenvalue weighted by atomic mass is 16.7. The fourth-order valence-corrected chi connectivity index (χ4v) is 12.1. The average Bonchev–Trinajstić information content (AvgIpc) is 0.883. The van der Waals surface area contributed by atoms with Gasteiger partial charge < -0.3 is 79.9 Å². The molecule has 94 heavy (non-hydrogen) atoms. The highest BCUT2D eigenvalue weighted by Crippen LogP contribution is 2.35. The van der Waals surface area contributed by atoms with Gasteiger partial charge in [0.2, 0.25) is 41.7 Å². The lowest BCUT2D eigenvalue weighted by Gasteiger charge is -2.41. The quantitative estimate of drug-likeness (QED) is 0.0352. The summed E-state index contributed by atoms with van der Waals surface area (Å²) in [7, 11) is 8.34. The van der Waals surface area contributed by atoms with E-state index in [0.29, 0.717) is 31.4 Å². The van der Waals surface area contributed by atoms with Crippen LogP contribution in [0.15, 0.2) is 60.7 Å². The van der Waals surface area contributed by atoms with Crippen molar-refractivity contribution >= 4 is 65.0 Å². The van der Waals surface area contributed by atoms with Crippen molar-refractivity contribution in [1.29, 1.82) is 0 Å². The molecular formula is C65H97N9O20. The Morgan fingerprint density at radius 1 is 0.798 bits per heavy atom. The fraction of sp³-hybridized carbons (Fsp3) is 0.631. The van der Waals surface area contributed by atoms with E-state index in [1.165, 1.54) is 32.4 Å². The van der Waals surface area contributed by atoms with Crippen molar-refractivity contribution in [3.05, 3.63) is 71.8 Å². The van der Waals surface area contributed by atoms with Gasteiger partial charge >= 0.3 is 12.1 Å². The Morgan fingerprint density at radius 3 is 2.06 bits per heavy atom. The minimum absolute atomic E-state index is 0.0151. The number of methoxy groups -OCH3 is 2. The molecule has 0 spiro atoms. The number of imide groups is 1. The highest BCUT2D eigenvalue weighted by molar-refractivity contribution is 6.13. The molecule has 2 fully saturated rings. The van der Waals surface area contributed by atoms with Gasteiger partial charge in [-0.15, -0.1) is 0 Å². The number of nitrogens with zero attached hydrogens (tertiary/aromatic N) is 4. The van der Waals surface area contributed by atoms with Crippen molar-refractivity contribution in [2.24, 2.45) is 29.6 Å². The molecule has 522 valence electrons. The van der Waals surface area contributed by atoms with Gasteiger partial charge in [-0.05, 0) is 74.9 Å². The Morgan fingerprint density at radius 2 is 1.47 bits per heavy atom. The van der Waals surface area contributed by atoms with Crippen LogP contribution in [0.2, 0.25) is 0 Å². The van der Waals surface area contributed by atoms with Crippen molar-refractivity contribution in [3.8, 4) is 5.75 Å². The first-order valence-electron chi connectivity index (χ1n) is 31.7. The van der Waals surface area contributed by atoms with Crippen LogP contribution < -0.4 is 31.3 Å². The molecular weight excluding hydrogens is 1230 g/mol. The molecule has 0 unspecified atom stereocenters. The predicted molar refractivity (Wildman–Crippen MR) is 339 cm³/mol. The number of aliphatic carboxylic acids is 1. The number of alkyl carbamates (subject to hydrolysis) is 1. The molecule has 0 aliphatic carbocycles. The largest absolute Gasteiger partial charge is 0.481 e. The first-order chi connectivity index (χ1) is 44.4. The molecule has 0 aromatic heterocycles. The number of anilines is 1. The van der Waals surface area contributed by atoms with Crippen LogP contribution >= 0.6 is 0 Å². The molecule has 2 aromatic rings. The lowest BCUT2D eigenvalue weighted by molar-refractivity contribution is -0.306. The van der Waals surface area contributed by atoms with Crippen LogP contribution in [0.25, 0.3) is 0 Å². The van der Waals surface area contributed by atoms with Crippen LogP contribution in [-0.4, -0.2) is 228 Å². The van der Waals surface area contributed by atoms with Gasteiger partial charge in [0.15, 0.2) is 6.29 Å². The Hall–Kier alpha value is -7.64. The van der Waals surface area contributed by atoms with Gasteiger partial charge in [-0.1, -0.05) is 91.3 Å². The zero-order valence-corrected chi connectivity index (χ0v) is 56.0. The van der Waals surface area contributed by atoms with Crippen LogP contribution in [-0.2, 0) is 73.4 Å². The normalized spacial score (nSPS) is 21.7. The van der Waals surface area contributed by atoms with Gasteiger partial charge in [0.05, 0.1) is 54.4 Å². The van der Waals surface area contributed by atoms with E-state index in [-0.39, 0.29) is 84.8 Å². The first kappa shape index (κ1) is 77.1. The molecule has 9 N–H and O–H groups in total. The molecule has 0 bridgehead atoms. The number of aliphatic hydroxyl groups excluding tert-OH is 3. The summed E-state index contributed by atoms with van der Waals surface area (Å²) >= 11 is 0. The monoisotopic (exact) mass is 1320 g/mol. The molecule has 9 amide bonds. The smallest absolute Gasteiger partial charge is 0.409 e. The number of ether oxygens (including phenoxy) is 6. The van der Waals surface area contributed by atoms with E-state index in [2.05, 4.69) is 26.6 Å². The van der Waals surface area contributed by atoms with Crippen LogP contribution in [0.4, 0.5) is 10.5 Å². The number of amides is 9. The first-order valence-corrected chi connectivity index (χ1v) is 31.7. The maximum atomic E-state index is 14.6. The second kappa shape index (κ2) is 36.3. The standard InChI is InChI=1S/C65H97N9O20/c1-14-37(6)54(72(11)61(84)52(35(2)3)70-60(83)53(36(4)5)71(9)10)45(89-12)32-50(79)73-29-18-21-43(73)57(90-13)38(7)59(82)68-39(8)58(41-19-16-15-17-20-41)92-34-67-65(88)91-33-40-22-23-44(93-64-51(62(85)86)55(80)56(81)63(87)94-64)42(31-40)69-47(76)26-28-66-46(75)27-30-74-48(77)24-25-49(74)78/h15-17,19-20,22-25,31,35-39,43,45,51-58,63-64,80-81,87H,14,18,21,26-30,32-34H2,1-13H3,(H,66,75)(H,67,88)(H,68,82)(H,69,76)(H,70,83)(H,85,86)/t37-,38+,39+,43-,45+,51+,52-,53-,54-,55-,56+,57+,58+,63+,64-/m0/s1. The molecule has 3 aliphatic heterocycles. The van der Waals surface area contributed by atoms with Gasteiger partial charge in [0.25, 0.3) is 11.8 Å². The molecule has 5 rings (SSSR count). The van der Waals surface area contributed by atoms with E-state index in [9.17, 15) is 68.4 Å². The molecule has 0 radical (unpaired) electrons. The molecule has 3 heterocycles. The number of hydrogen-bond acceptors (Lipinski definition) is 20. The Labute approximate surface area is 548 Å². The van der Waals surface area contributed by atoms with Crippen molar-refractivity contribution in [2.45, 2.75) is 174 Å². The van der Waals surface area contributed by atoms with Gasteiger partial charge in [-0.3, -0.25) is 58.3 Å². The maximum Gasteiger partial charge on any atom is 0.409 e. The minimum Gasteiger partial charge on any atom is -0.481 e. The third-order valence-electron chi connectivity index (χ3n) is 17.3. The van der Waals surface area contributed by atoms with E-state index in [1.54, 1.807) is 61.0 Å². The number of aliphatic hydroxyl groups is 3. The number of likely N-dealkylation sites (tertiary alicyclic amines) is 1. The van der Waals surface area contributed by atoms with Gasteiger partial charge in [-0.25, -0.2) is 4.79 Å². The van der Waals surface area contributed by atoms with Crippen LogP contribution in [0.5, 0.6) is 5.75 Å². The van der Waals surface area contributed by atoms with E-state index in [4.69, 9.17) is 28.4 Å². The number of carboxylic acids is 1. The maximum absolute atomic E-state index is 14.6. The highest BCUT2D eigenvalue weighted by Gasteiger charge is 2.50. The Bertz CT molecular complexity index is 2930. The lowest BCUT2D eigenvalue weighted by Crippen LogP contribution is -2.59. The van der Waals surface area contributed by atoms with Crippen LogP contribution in [0.3, 0.4) is 0 Å². The number of nitrogens with one attached hydrogen (secondary N) is 5. The Balaban J connectivity index is 1.22. The number of carbonyl (C=O) groups is 10. The predicted octanol–water partition coefficient (Wildman–Crippen LogP) is 2.02. The number of benzene rings is 2. The molecule has 3 aliphatic rings. The topological polar surface area (TPSA) is 380 Å². The fourth-order valence-electron chi connectivity index (χ4n) is 12.1. The third kappa shape index (κ3) is 20.7. The summed E-state index contributed by atoms with van der Waals surface area (Å²) in [4.78, 5) is 138. The molecule has 29 heteroatoms. The van der Waals surface area contributed by atoms with E-state index < -0.39 is 140 Å². The van der Waals surface area contributed by atoms with Crippen LogP contribution in [0.1, 0.15) is 111 Å². The van der Waals surface area contributed by atoms with Crippen molar-refractivity contribution < 1.29 is 96.8 Å². The van der Waals surface area contributed by atoms with Crippen LogP contribution in [0, 0.1) is 29.6 Å². The molecule has 2 saturated heterocycles. The molecule has 0 saturated carbocycles. The number of likely N-dealkylation sites (N-methyl/N-ethyl adjacent to an activating group) is 2. The molecule has 15 atom stereocenters. The minimum atomic E-state index is -2.06. The number of carbonyl (C=O) groups excluding carboxylic acids is 9. The van der Waals surface area contributed by atoms with Gasteiger partial charge in [-0.2, -0.15) is 0 Å². The van der Waals surface area contributed by atoms with Gasteiger partial charge in [0, 0.05) is 65.9 Å². The molecule has 29 nitrogen and oxygen atoms in total. The third-order valence-corrected chi connectivity index (χ3v) is 17.3. The Kier molecular flexibility index (Phi) is 29.8. The van der Waals surface area contributed by atoms with Crippen molar-refractivity contribution in [1.82, 2.24) is 40.9 Å². The van der Waals surface area contributed by atoms with E-state index in [0.717, 1.165) is 17.1 Å². The van der Waals surface area contributed by atoms with Crippen molar-refractivity contribution in [2.75, 3.05) is 67.0 Å². The van der Waals surface area contributed by atoms with E-state index in [1.807, 2.05) is 60.5 Å². The summed E-state index contributed by atoms with van der Waals surface area (Å²) < 4.78 is 34.8. The zero-order chi connectivity index (χ0) is 69.8. The number of carboxylic acid groups (broad SMARTS) is 1. The second-order valence-electron chi connectivity index (χ2n) is 24.9. The second-order valence-corrected chi connectivity index (χ2v) is 24.9.